The molecule has 0 fully saturated rings. The number of nitrogens with two attached hydrogens (primary N) is 1. The van der Waals surface area contributed by atoms with Crippen LogP contribution in [-0.2, 0) is 16.0 Å². The smallest absolute Gasteiger partial charge is 0.329 e. The van der Waals surface area contributed by atoms with E-state index in [-0.39, 0.29) is 11.7 Å². The summed E-state index contributed by atoms with van der Waals surface area (Å²) in [6.45, 7) is 5.32. The Morgan fingerprint density at radius 2 is 1.95 bits per heavy atom. The number of ether oxygens (including phenoxy) is 1. The third kappa shape index (κ3) is 5.60. The second kappa shape index (κ2) is 6.27. The number of guanidine groups is 1. The first-order chi connectivity index (χ1) is 9.17. The molecule has 1 rings (SSSR count). The van der Waals surface area contributed by atoms with Crippen molar-refractivity contribution >= 4 is 11.9 Å². The van der Waals surface area contributed by atoms with Crippen molar-refractivity contribution in [2.45, 2.75) is 38.8 Å². The molecule has 110 valence electrons. The van der Waals surface area contributed by atoms with Gasteiger partial charge in [-0.1, -0.05) is 12.1 Å². The maximum absolute atomic E-state index is 12.1. The van der Waals surface area contributed by atoms with Crippen LogP contribution in [0.4, 0.5) is 0 Å². The second-order valence-corrected chi connectivity index (χ2v) is 5.51. The van der Waals surface area contributed by atoms with E-state index in [9.17, 15) is 9.90 Å². The summed E-state index contributed by atoms with van der Waals surface area (Å²) in [7, 11) is 0. The van der Waals surface area contributed by atoms with E-state index < -0.39 is 17.6 Å². The zero-order valence-electron chi connectivity index (χ0n) is 11.9. The van der Waals surface area contributed by atoms with Gasteiger partial charge >= 0.3 is 5.97 Å². The van der Waals surface area contributed by atoms with Crippen molar-refractivity contribution in [1.29, 1.82) is 5.41 Å². The van der Waals surface area contributed by atoms with E-state index in [2.05, 4.69) is 5.32 Å². The maximum Gasteiger partial charge on any atom is 0.329 e. The highest BCUT2D eigenvalue weighted by atomic mass is 16.6. The van der Waals surface area contributed by atoms with Gasteiger partial charge in [0.25, 0.3) is 0 Å². The van der Waals surface area contributed by atoms with E-state index in [1.807, 2.05) is 0 Å². The Morgan fingerprint density at radius 1 is 1.40 bits per heavy atom. The third-order valence-corrected chi connectivity index (χ3v) is 2.40. The van der Waals surface area contributed by atoms with Crippen molar-refractivity contribution in [3.63, 3.8) is 0 Å². The maximum atomic E-state index is 12.1. The van der Waals surface area contributed by atoms with Gasteiger partial charge in [-0.3, -0.25) is 5.41 Å². The first-order valence-electron chi connectivity index (χ1n) is 6.29. The van der Waals surface area contributed by atoms with Gasteiger partial charge in [0.15, 0.2) is 5.96 Å². The normalized spacial score (nSPS) is 12.6. The minimum Gasteiger partial charge on any atom is -0.508 e. The fraction of sp³-hybridized carbons (Fsp3) is 0.429. The zero-order valence-corrected chi connectivity index (χ0v) is 11.9. The van der Waals surface area contributed by atoms with Gasteiger partial charge in [-0.05, 0) is 38.5 Å². The highest BCUT2D eigenvalue weighted by Crippen LogP contribution is 2.14. The molecule has 0 aliphatic rings. The lowest BCUT2D eigenvalue weighted by Crippen LogP contribution is -2.47. The molecule has 5 N–H and O–H groups in total. The van der Waals surface area contributed by atoms with Crippen LogP contribution < -0.4 is 11.1 Å². The molecule has 0 aliphatic heterocycles. The van der Waals surface area contributed by atoms with Crippen molar-refractivity contribution in [3.05, 3.63) is 29.8 Å². The number of phenolic OH excluding ortho intramolecular Hbond substituents is 1. The number of hydrogen-bond acceptors (Lipinski definition) is 4. The van der Waals surface area contributed by atoms with Gasteiger partial charge < -0.3 is 20.9 Å². The number of aromatic hydroxyl groups is 1. The molecule has 6 nitrogen and oxygen atoms in total. The molecule has 1 unspecified atom stereocenters. The molecule has 0 aromatic heterocycles. The molecule has 6 heteroatoms. The minimum atomic E-state index is -0.740. The summed E-state index contributed by atoms with van der Waals surface area (Å²) in [5.41, 5.74) is 5.52. The molecule has 20 heavy (non-hydrogen) atoms. The van der Waals surface area contributed by atoms with Gasteiger partial charge in [-0.2, -0.15) is 0 Å². The number of rotatable bonds is 4. The van der Waals surface area contributed by atoms with Crippen molar-refractivity contribution in [2.75, 3.05) is 0 Å². The summed E-state index contributed by atoms with van der Waals surface area (Å²) in [4.78, 5) is 12.1. The number of carbonyl (C=O) groups is 1. The molecule has 0 saturated carbocycles. The molecule has 1 atom stereocenters. The molecule has 0 saturated heterocycles. The molecule has 1 aromatic rings. The van der Waals surface area contributed by atoms with Crippen LogP contribution in [-0.4, -0.2) is 28.7 Å². The molecule has 0 bridgehead atoms. The van der Waals surface area contributed by atoms with Gasteiger partial charge in [0.05, 0.1) is 0 Å². The van der Waals surface area contributed by atoms with Crippen molar-refractivity contribution < 1.29 is 14.6 Å². The summed E-state index contributed by atoms with van der Waals surface area (Å²) in [5.74, 6) is -0.609. The highest BCUT2D eigenvalue weighted by molar-refractivity contribution is 5.84. The Balaban J connectivity index is 2.81. The standard InChI is InChI=1S/C14H21N3O3/c1-14(2,3)20-12(19)11(17-13(15)16)8-9-4-6-10(18)7-5-9/h4-7,11,18H,8H2,1-3H3,(H4,15,16,17). The van der Waals surface area contributed by atoms with Crippen LogP contribution in [0.1, 0.15) is 26.3 Å². The summed E-state index contributed by atoms with van der Waals surface area (Å²) in [5, 5.41) is 19.1. The van der Waals surface area contributed by atoms with Crippen LogP contribution in [0, 0.1) is 5.41 Å². The van der Waals surface area contributed by atoms with E-state index >= 15 is 0 Å². The van der Waals surface area contributed by atoms with Gasteiger partial charge in [0.2, 0.25) is 0 Å². The Morgan fingerprint density at radius 3 is 2.40 bits per heavy atom. The molecule has 0 radical (unpaired) electrons. The largest absolute Gasteiger partial charge is 0.508 e. The predicted octanol–water partition coefficient (Wildman–Crippen LogP) is 1.13. The average Bonchev–Trinajstić information content (AvgIpc) is 2.28. The van der Waals surface area contributed by atoms with Crippen molar-refractivity contribution in [3.8, 4) is 5.75 Å². The Labute approximate surface area is 118 Å². The van der Waals surface area contributed by atoms with Crippen molar-refractivity contribution in [1.82, 2.24) is 5.32 Å². The zero-order chi connectivity index (χ0) is 15.3. The van der Waals surface area contributed by atoms with E-state index in [1.165, 1.54) is 12.1 Å². The van der Waals surface area contributed by atoms with Crippen LogP contribution in [0.2, 0.25) is 0 Å². The highest BCUT2D eigenvalue weighted by Gasteiger charge is 2.25. The first kappa shape index (κ1) is 15.8. The first-order valence-corrected chi connectivity index (χ1v) is 6.29. The number of benzene rings is 1. The fourth-order valence-electron chi connectivity index (χ4n) is 1.62. The van der Waals surface area contributed by atoms with Crippen molar-refractivity contribution in [2.24, 2.45) is 5.73 Å². The predicted molar refractivity (Wildman–Crippen MR) is 76.5 cm³/mol. The lowest BCUT2D eigenvalue weighted by molar-refractivity contribution is -0.157. The number of phenols is 1. The summed E-state index contributed by atoms with van der Waals surface area (Å²) < 4.78 is 5.29. The lowest BCUT2D eigenvalue weighted by Gasteiger charge is -2.24. The van der Waals surface area contributed by atoms with E-state index in [0.717, 1.165) is 5.56 Å². The SMILES string of the molecule is CC(C)(C)OC(=O)C(Cc1ccc(O)cc1)NC(=N)N. The van der Waals surface area contributed by atoms with Crippen LogP contribution >= 0.6 is 0 Å². The quantitative estimate of drug-likeness (QED) is 0.375. The summed E-state index contributed by atoms with van der Waals surface area (Å²) >= 11 is 0. The van der Waals surface area contributed by atoms with E-state index in [4.69, 9.17) is 15.9 Å². The molecule has 0 spiro atoms. The Hall–Kier alpha value is -2.24. The molecular weight excluding hydrogens is 258 g/mol. The average molecular weight is 279 g/mol. The Kier molecular flexibility index (Phi) is 4.96. The Bertz CT molecular complexity index is 477. The molecular formula is C14H21N3O3. The monoisotopic (exact) mass is 279 g/mol. The van der Waals surface area contributed by atoms with Crippen LogP contribution in [0.3, 0.4) is 0 Å². The minimum absolute atomic E-state index is 0.155. The number of hydrogen-bond donors (Lipinski definition) is 4. The second-order valence-electron chi connectivity index (χ2n) is 5.51. The molecule has 0 amide bonds. The molecule has 0 heterocycles. The number of nitrogens with one attached hydrogen (secondary N) is 2. The number of esters is 1. The fourth-order valence-corrected chi connectivity index (χ4v) is 1.62. The third-order valence-electron chi connectivity index (χ3n) is 2.40. The molecule has 0 aliphatic carbocycles. The van der Waals surface area contributed by atoms with Crippen LogP contribution in [0.25, 0.3) is 0 Å². The van der Waals surface area contributed by atoms with Gasteiger partial charge in [-0.15, -0.1) is 0 Å². The lowest BCUT2D eigenvalue weighted by atomic mass is 10.1. The summed E-state index contributed by atoms with van der Waals surface area (Å²) in [6, 6.07) is 5.74. The molecule has 1 aromatic carbocycles. The van der Waals surface area contributed by atoms with Gasteiger partial charge in [0.1, 0.15) is 17.4 Å². The van der Waals surface area contributed by atoms with E-state index in [0.29, 0.717) is 6.42 Å². The van der Waals surface area contributed by atoms with Gasteiger partial charge in [-0.25, -0.2) is 4.79 Å². The van der Waals surface area contributed by atoms with Crippen LogP contribution in [0.5, 0.6) is 5.75 Å². The number of carbonyl (C=O) groups excluding carboxylic acids is 1. The summed E-state index contributed by atoms with van der Waals surface area (Å²) in [6.07, 6.45) is 0.314. The topological polar surface area (TPSA) is 108 Å². The van der Waals surface area contributed by atoms with E-state index in [1.54, 1.807) is 32.9 Å². The van der Waals surface area contributed by atoms with Crippen LogP contribution in [0.15, 0.2) is 24.3 Å². The van der Waals surface area contributed by atoms with Gasteiger partial charge in [0, 0.05) is 6.42 Å².